The highest BCUT2D eigenvalue weighted by Gasteiger charge is 2.28. The van der Waals surface area contributed by atoms with Crippen LogP contribution in [0.15, 0.2) is 18.2 Å². The van der Waals surface area contributed by atoms with Gasteiger partial charge in [0.05, 0.1) is 12.5 Å². The Morgan fingerprint density at radius 1 is 1.16 bits per heavy atom. The number of nitrogens with one attached hydrogen (secondary N) is 1. The van der Waals surface area contributed by atoms with Crippen molar-refractivity contribution in [3.05, 3.63) is 29.3 Å². The number of carbonyl (C=O) groups is 2. The van der Waals surface area contributed by atoms with Crippen LogP contribution in [0.25, 0.3) is 0 Å². The number of amides is 2. The minimum absolute atomic E-state index is 0.0261. The molecule has 138 valence electrons. The molecule has 0 aromatic heterocycles. The van der Waals surface area contributed by atoms with Crippen molar-refractivity contribution < 1.29 is 14.3 Å². The summed E-state index contributed by atoms with van der Waals surface area (Å²) in [5.41, 5.74) is 7.93. The van der Waals surface area contributed by atoms with Crippen LogP contribution in [-0.4, -0.2) is 24.5 Å². The SMILES string of the molecule is Cc1ccc(OCCCC(=O)N[C@H]2CCCCC[C@@H]2C(N)=O)cc1C. The average Bonchev–Trinajstić information content (AvgIpc) is 2.80. The first-order valence-electron chi connectivity index (χ1n) is 9.26. The summed E-state index contributed by atoms with van der Waals surface area (Å²) in [7, 11) is 0. The van der Waals surface area contributed by atoms with Gasteiger partial charge in [-0.05, 0) is 56.4 Å². The number of primary amides is 1. The minimum atomic E-state index is -0.301. The highest BCUT2D eigenvalue weighted by atomic mass is 16.5. The molecule has 1 aliphatic carbocycles. The second kappa shape index (κ2) is 9.44. The zero-order valence-corrected chi connectivity index (χ0v) is 15.3. The van der Waals surface area contributed by atoms with E-state index in [0.717, 1.165) is 37.9 Å². The van der Waals surface area contributed by atoms with E-state index in [1.165, 1.54) is 11.1 Å². The largest absolute Gasteiger partial charge is 0.494 e. The van der Waals surface area contributed by atoms with Crippen molar-refractivity contribution in [2.24, 2.45) is 11.7 Å². The number of hydrogen-bond donors (Lipinski definition) is 2. The van der Waals surface area contributed by atoms with Crippen molar-refractivity contribution >= 4 is 11.8 Å². The molecule has 2 amide bonds. The molecule has 5 nitrogen and oxygen atoms in total. The molecule has 1 aliphatic rings. The lowest BCUT2D eigenvalue weighted by Crippen LogP contribution is -2.44. The number of nitrogens with two attached hydrogens (primary N) is 1. The molecule has 3 N–H and O–H groups in total. The van der Waals surface area contributed by atoms with Gasteiger partial charge in [0.15, 0.2) is 0 Å². The quantitative estimate of drug-likeness (QED) is 0.588. The van der Waals surface area contributed by atoms with Crippen molar-refractivity contribution in [3.63, 3.8) is 0 Å². The molecule has 1 fully saturated rings. The molecular weight excluding hydrogens is 316 g/mol. The molecule has 25 heavy (non-hydrogen) atoms. The van der Waals surface area contributed by atoms with Crippen LogP contribution in [0.1, 0.15) is 56.1 Å². The molecule has 2 rings (SSSR count). The third-order valence-corrected chi connectivity index (χ3v) is 5.02. The third-order valence-electron chi connectivity index (χ3n) is 5.02. The van der Waals surface area contributed by atoms with E-state index in [2.05, 4.69) is 19.2 Å². The molecule has 0 spiro atoms. The van der Waals surface area contributed by atoms with E-state index in [1.807, 2.05) is 18.2 Å². The lowest BCUT2D eigenvalue weighted by molar-refractivity contribution is -0.125. The highest BCUT2D eigenvalue weighted by molar-refractivity contribution is 5.80. The van der Waals surface area contributed by atoms with Gasteiger partial charge in [0.2, 0.25) is 11.8 Å². The van der Waals surface area contributed by atoms with Gasteiger partial charge in [-0.15, -0.1) is 0 Å². The van der Waals surface area contributed by atoms with E-state index in [1.54, 1.807) is 0 Å². The van der Waals surface area contributed by atoms with Crippen LogP contribution in [0.5, 0.6) is 5.75 Å². The van der Waals surface area contributed by atoms with Crippen molar-refractivity contribution in [1.82, 2.24) is 5.32 Å². The van der Waals surface area contributed by atoms with E-state index in [9.17, 15) is 9.59 Å². The van der Waals surface area contributed by atoms with E-state index >= 15 is 0 Å². The van der Waals surface area contributed by atoms with Crippen LogP contribution < -0.4 is 15.8 Å². The van der Waals surface area contributed by atoms with Crippen LogP contribution in [0, 0.1) is 19.8 Å². The van der Waals surface area contributed by atoms with Gasteiger partial charge in [-0.3, -0.25) is 9.59 Å². The Bertz CT molecular complexity index is 601. The van der Waals surface area contributed by atoms with Gasteiger partial charge in [0.1, 0.15) is 5.75 Å². The fourth-order valence-corrected chi connectivity index (χ4v) is 3.33. The van der Waals surface area contributed by atoms with Crippen LogP contribution in [0.4, 0.5) is 0 Å². The smallest absolute Gasteiger partial charge is 0.222 e. The van der Waals surface area contributed by atoms with E-state index in [0.29, 0.717) is 19.4 Å². The Morgan fingerprint density at radius 3 is 2.64 bits per heavy atom. The monoisotopic (exact) mass is 346 g/mol. The summed E-state index contributed by atoms with van der Waals surface area (Å²) in [6.07, 6.45) is 5.78. The van der Waals surface area contributed by atoms with E-state index in [4.69, 9.17) is 10.5 Å². The molecule has 0 heterocycles. The van der Waals surface area contributed by atoms with Crippen molar-refractivity contribution in [2.75, 3.05) is 6.61 Å². The van der Waals surface area contributed by atoms with Crippen molar-refractivity contribution in [2.45, 2.75) is 64.8 Å². The Labute approximate surface area is 150 Å². The van der Waals surface area contributed by atoms with Crippen LogP contribution >= 0.6 is 0 Å². The van der Waals surface area contributed by atoms with Gasteiger partial charge in [-0.2, -0.15) is 0 Å². The maximum Gasteiger partial charge on any atom is 0.222 e. The van der Waals surface area contributed by atoms with Gasteiger partial charge >= 0.3 is 0 Å². The first-order chi connectivity index (χ1) is 12.0. The summed E-state index contributed by atoms with van der Waals surface area (Å²) in [4.78, 5) is 23.8. The highest BCUT2D eigenvalue weighted by Crippen LogP contribution is 2.23. The standard InChI is InChI=1S/C20H30N2O3/c1-14-10-11-16(13-15(14)2)25-12-6-9-19(23)22-18-8-5-3-4-7-17(18)20(21)24/h10-11,13,17-18H,3-9,12H2,1-2H3,(H2,21,24)(H,22,23)/t17-,18-/m0/s1. The van der Waals surface area contributed by atoms with Gasteiger partial charge in [0, 0.05) is 12.5 Å². The first kappa shape index (κ1) is 19.3. The maximum absolute atomic E-state index is 12.2. The number of hydrogen-bond acceptors (Lipinski definition) is 3. The molecule has 0 radical (unpaired) electrons. The Hall–Kier alpha value is -2.04. The Kier molecular flexibility index (Phi) is 7.29. The summed E-state index contributed by atoms with van der Waals surface area (Å²) in [6.45, 7) is 4.62. The third kappa shape index (κ3) is 6.07. The number of rotatable bonds is 7. The molecule has 1 saturated carbocycles. The van der Waals surface area contributed by atoms with Gasteiger partial charge in [-0.1, -0.05) is 25.3 Å². The lowest BCUT2D eigenvalue weighted by atomic mass is 9.94. The van der Waals surface area contributed by atoms with Gasteiger partial charge in [0.25, 0.3) is 0 Å². The zero-order chi connectivity index (χ0) is 18.2. The molecule has 0 aliphatic heterocycles. The summed E-state index contributed by atoms with van der Waals surface area (Å²) in [5.74, 6) is 0.270. The topological polar surface area (TPSA) is 81.4 Å². The number of ether oxygens (including phenoxy) is 1. The minimum Gasteiger partial charge on any atom is -0.494 e. The van der Waals surface area contributed by atoms with Crippen molar-refractivity contribution in [1.29, 1.82) is 0 Å². The van der Waals surface area contributed by atoms with Crippen LogP contribution in [-0.2, 0) is 9.59 Å². The Morgan fingerprint density at radius 2 is 1.92 bits per heavy atom. The zero-order valence-electron chi connectivity index (χ0n) is 15.3. The second-order valence-electron chi connectivity index (χ2n) is 7.02. The summed E-state index contributed by atoms with van der Waals surface area (Å²) in [5, 5.41) is 3.01. The average molecular weight is 346 g/mol. The molecule has 2 atom stereocenters. The fraction of sp³-hybridized carbons (Fsp3) is 0.600. The fourth-order valence-electron chi connectivity index (χ4n) is 3.33. The van der Waals surface area contributed by atoms with Gasteiger partial charge < -0.3 is 15.8 Å². The number of carbonyl (C=O) groups excluding carboxylic acids is 2. The Balaban J connectivity index is 1.74. The maximum atomic E-state index is 12.2. The molecule has 0 saturated heterocycles. The first-order valence-corrected chi connectivity index (χ1v) is 9.26. The van der Waals surface area contributed by atoms with Gasteiger partial charge in [-0.25, -0.2) is 0 Å². The number of aryl methyl sites for hydroxylation is 2. The second-order valence-corrected chi connectivity index (χ2v) is 7.02. The summed E-state index contributed by atoms with van der Waals surface area (Å²) < 4.78 is 5.71. The number of benzene rings is 1. The summed E-state index contributed by atoms with van der Waals surface area (Å²) in [6, 6.07) is 5.88. The molecule has 0 unspecified atom stereocenters. The van der Waals surface area contributed by atoms with E-state index < -0.39 is 0 Å². The normalized spacial score (nSPS) is 20.6. The van der Waals surface area contributed by atoms with Crippen molar-refractivity contribution in [3.8, 4) is 5.75 Å². The predicted octanol–water partition coefficient (Wildman–Crippen LogP) is 3.01. The summed E-state index contributed by atoms with van der Waals surface area (Å²) >= 11 is 0. The molecule has 1 aromatic rings. The lowest BCUT2D eigenvalue weighted by Gasteiger charge is -2.23. The van der Waals surface area contributed by atoms with E-state index in [-0.39, 0.29) is 23.8 Å². The predicted molar refractivity (Wildman–Crippen MR) is 98.3 cm³/mol. The van der Waals surface area contributed by atoms with Crippen LogP contribution in [0.3, 0.4) is 0 Å². The molecule has 1 aromatic carbocycles. The van der Waals surface area contributed by atoms with Crippen LogP contribution in [0.2, 0.25) is 0 Å². The molecule has 5 heteroatoms. The molecule has 0 bridgehead atoms. The molecular formula is C20H30N2O3.